The van der Waals surface area contributed by atoms with Crippen LogP contribution in [0.3, 0.4) is 0 Å². The van der Waals surface area contributed by atoms with Gasteiger partial charge < -0.3 is 0 Å². The van der Waals surface area contributed by atoms with Crippen molar-refractivity contribution in [3.05, 3.63) is 34.9 Å². The highest BCUT2D eigenvalue weighted by atomic mass is 16.5. The molecule has 0 spiro atoms. The molecule has 5 heteroatoms. The summed E-state index contributed by atoms with van der Waals surface area (Å²) in [6, 6.07) is 5.43. The minimum atomic E-state index is -0.512. The van der Waals surface area contributed by atoms with Gasteiger partial charge in [0.1, 0.15) is 0 Å². The molecule has 1 unspecified atom stereocenters. The molecular weight excluding hydrogens is 280 g/mol. The van der Waals surface area contributed by atoms with Gasteiger partial charge in [-0.05, 0) is 48.4 Å². The van der Waals surface area contributed by atoms with Crippen molar-refractivity contribution in [2.75, 3.05) is 0 Å². The standard InChI is InChI=1S/C17H22N2O3/c1-17(2,3)16(21)18-10-11-4-5-12-6-7-13(15(20)19-22)9-14(12)8-11/h6-7,9-11,22H,4-5,8H2,1-3H3,(H,19,20). The van der Waals surface area contributed by atoms with E-state index in [1.165, 1.54) is 5.56 Å². The number of hydrogen-bond donors (Lipinski definition) is 2. The molecule has 22 heavy (non-hydrogen) atoms. The summed E-state index contributed by atoms with van der Waals surface area (Å²) in [4.78, 5) is 27.4. The molecule has 1 atom stereocenters. The topological polar surface area (TPSA) is 78.8 Å². The Labute approximate surface area is 130 Å². The van der Waals surface area contributed by atoms with E-state index in [2.05, 4.69) is 4.99 Å². The molecule has 2 amide bonds. The number of amides is 2. The zero-order chi connectivity index (χ0) is 16.3. The summed E-state index contributed by atoms with van der Waals surface area (Å²) in [5.74, 6) is -0.431. The summed E-state index contributed by atoms with van der Waals surface area (Å²) < 4.78 is 0. The first kappa shape index (κ1) is 16.4. The Morgan fingerprint density at radius 3 is 2.68 bits per heavy atom. The number of fused-ring (bicyclic) bond motifs is 1. The Kier molecular flexibility index (Phi) is 4.76. The highest BCUT2D eigenvalue weighted by Gasteiger charge is 2.22. The summed E-state index contributed by atoms with van der Waals surface area (Å²) in [5.41, 5.74) is 3.90. The van der Waals surface area contributed by atoms with Gasteiger partial charge in [-0.3, -0.25) is 14.8 Å². The first-order valence-corrected chi connectivity index (χ1v) is 7.46. The maximum Gasteiger partial charge on any atom is 0.274 e. The van der Waals surface area contributed by atoms with Crippen LogP contribution < -0.4 is 5.48 Å². The Hall–Kier alpha value is -2.01. The Morgan fingerprint density at radius 2 is 2.05 bits per heavy atom. The van der Waals surface area contributed by atoms with Crippen molar-refractivity contribution in [1.82, 2.24) is 5.48 Å². The number of carbonyl (C=O) groups is 2. The summed E-state index contributed by atoms with van der Waals surface area (Å²) in [7, 11) is 0. The van der Waals surface area contributed by atoms with E-state index in [4.69, 9.17) is 5.21 Å². The number of carbonyl (C=O) groups excluding carboxylic acids is 2. The SMILES string of the molecule is CC(C)(C)C(=O)N=CC1CCc2ccc(C(=O)NO)cc2C1. The Bertz CT molecular complexity index is 615. The van der Waals surface area contributed by atoms with E-state index in [-0.39, 0.29) is 11.8 Å². The lowest BCUT2D eigenvalue weighted by Gasteiger charge is -2.22. The lowest BCUT2D eigenvalue weighted by molar-refractivity contribution is -0.124. The summed E-state index contributed by atoms with van der Waals surface area (Å²) in [6.07, 6.45) is 4.34. The summed E-state index contributed by atoms with van der Waals surface area (Å²) >= 11 is 0. The van der Waals surface area contributed by atoms with Crippen LogP contribution in [0, 0.1) is 11.3 Å². The maximum absolute atomic E-state index is 11.9. The van der Waals surface area contributed by atoms with Crippen molar-refractivity contribution >= 4 is 18.0 Å². The number of nitrogens with one attached hydrogen (secondary N) is 1. The van der Waals surface area contributed by atoms with Gasteiger partial charge in [0.05, 0.1) is 0 Å². The van der Waals surface area contributed by atoms with Crippen LogP contribution in [-0.4, -0.2) is 23.2 Å². The monoisotopic (exact) mass is 302 g/mol. The number of aryl methyl sites for hydroxylation is 1. The van der Waals surface area contributed by atoms with Crippen molar-refractivity contribution in [3.63, 3.8) is 0 Å². The van der Waals surface area contributed by atoms with E-state index in [1.54, 1.807) is 23.8 Å². The van der Waals surface area contributed by atoms with Crippen molar-refractivity contribution in [1.29, 1.82) is 0 Å². The number of aliphatic imine (C=N–C) groups is 1. The largest absolute Gasteiger partial charge is 0.288 e. The number of benzene rings is 1. The summed E-state index contributed by atoms with van der Waals surface area (Å²) in [6.45, 7) is 5.55. The average Bonchev–Trinajstić information content (AvgIpc) is 2.49. The molecule has 0 fully saturated rings. The van der Waals surface area contributed by atoms with Crippen molar-refractivity contribution in [3.8, 4) is 0 Å². The van der Waals surface area contributed by atoms with E-state index in [9.17, 15) is 9.59 Å². The molecule has 2 N–H and O–H groups in total. The van der Waals surface area contributed by atoms with Gasteiger partial charge in [-0.25, -0.2) is 10.5 Å². The quantitative estimate of drug-likeness (QED) is 0.500. The van der Waals surface area contributed by atoms with E-state index in [0.29, 0.717) is 5.56 Å². The minimum absolute atomic E-state index is 0.119. The fourth-order valence-electron chi connectivity index (χ4n) is 2.49. The van der Waals surface area contributed by atoms with Crippen LogP contribution in [0.5, 0.6) is 0 Å². The molecule has 0 aromatic heterocycles. The highest BCUT2D eigenvalue weighted by Crippen LogP contribution is 2.26. The maximum atomic E-state index is 11.9. The van der Waals surface area contributed by atoms with Gasteiger partial charge in [0.15, 0.2) is 0 Å². The molecule has 118 valence electrons. The third kappa shape index (κ3) is 3.80. The molecule has 1 aliphatic carbocycles. The molecule has 0 heterocycles. The zero-order valence-corrected chi connectivity index (χ0v) is 13.2. The molecule has 0 aliphatic heterocycles. The van der Waals surface area contributed by atoms with E-state index < -0.39 is 11.3 Å². The number of rotatable bonds is 2. The molecule has 0 saturated carbocycles. The molecule has 1 aliphatic rings. The number of nitrogens with zero attached hydrogens (tertiary/aromatic N) is 1. The Morgan fingerprint density at radius 1 is 1.32 bits per heavy atom. The van der Waals surface area contributed by atoms with E-state index >= 15 is 0 Å². The van der Waals surface area contributed by atoms with Crippen LogP contribution in [0.25, 0.3) is 0 Å². The van der Waals surface area contributed by atoms with Crippen molar-refractivity contribution in [2.24, 2.45) is 16.3 Å². The first-order chi connectivity index (χ1) is 10.3. The number of hydrogen-bond acceptors (Lipinski definition) is 3. The second-order valence-corrected chi connectivity index (χ2v) is 6.76. The molecule has 0 bridgehead atoms. The van der Waals surface area contributed by atoms with Gasteiger partial charge >= 0.3 is 0 Å². The van der Waals surface area contributed by atoms with Crippen LogP contribution in [-0.2, 0) is 17.6 Å². The van der Waals surface area contributed by atoms with Gasteiger partial charge in [-0.15, -0.1) is 0 Å². The second-order valence-electron chi connectivity index (χ2n) is 6.76. The first-order valence-electron chi connectivity index (χ1n) is 7.46. The molecular formula is C17H22N2O3. The predicted molar refractivity (Wildman–Crippen MR) is 84.2 cm³/mol. The van der Waals surface area contributed by atoms with Crippen LogP contribution in [0.1, 0.15) is 48.7 Å². The fourth-order valence-corrected chi connectivity index (χ4v) is 2.49. The van der Waals surface area contributed by atoms with Gasteiger partial charge in [0.2, 0.25) is 0 Å². The van der Waals surface area contributed by atoms with Crippen molar-refractivity contribution < 1.29 is 14.8 Å². The van der Waals surface area contributed by atoms with Gasteiger partial charge in [-0.1, -0.05) is 26.8 Å². The van der Waals surface area contributed by atoms with Crippen LogP contribution in [0.2, 0.25) is 0 Å². The third-order valence-electron chi connectivity index (χ3n) is 3.88. The highest BCUT2D eigenvalue weighted by molar-refractivity contribution is 5.93. The predicted octanol–water partition coefficient (Wildman–Crippen LogP) is 2.55. The lowest BCUT2D eigenvalue weighted by Crippen LogP contribution is -2.22. The molecule has 2 rings (SSSR count). The zero-order valence-electron chi connectivity index (χ0n) is 13.2. The average molecular weight is 302 g/mol. The van der Waals surface area contributed by atoms with Crippen LogP contribution in [0.4, 0.5) is 0 Å². The van der Waals surface area contributed by atoms with Gasteiger partial charge in [0.25, 0.3) is 11.8 Å². The fraction of sp³-hybridized carbons (Fsp3) is 0.471. The molecule has 0 radical (unpaired) electrons. The lowest BCUT2D eigenvalue weighted by atomic mass is 9.83. The normalized spacial score (nSPS) is 18.1. The van der Waals surface area contributed by atoms with Crippen LogP contribution in [0.15, 0.2) is 23.2 Å². The molecule has 1 aromatic rings. The second kappa shape index (κ2) is 6.40. The molecule has 5 nitrogen and oxygen atoms in total. The van der Waals surface area contributed by atoms with E-state index in [0.717, 1.165) is 24.8 Å². The van der Waals surface area contributed by atoms with Crippen molar-refractivity contribution in [2.45, 2.75) is 40.0 Å². The van der Waals surface area contributed by atoms with Crippen LogP contribution >= 0.6 is 0 Å². The summed E-state index contributed by atoms with van der Waals surface area (Å²) in [5, 5.41) is 8.71. The smallest absolute Gasteiger partial charge is 0.274 e. The Balaban J connectivity index is 2.12. The third-order valence-corrected chi connectivity index (χ3v) is 3.88. The number of hydroxylamine groups is 1. The minimum Gasteiger partial charge on any atom is -0.288 e. The van der Waals surface area contributed by atoms with Gasteiger partial charge in [0, 0.05) is 17.2 Å². The molecule has 0 saturated heterocycles. The van der Waals surface area contributed by atoms with E-state index in [1.807, 2.05) is 26.8 Å². The van der Waals surface area contributed by atoms with Gasteiger partial charge in [-0.2, -0.15) is 0 Å². The molecule has 1 aromatic carbocycles.